The van der Waals surface area contributed by atoms with Crippen LogP contribution >= 0.6 is 0 Å². The van der Waals surface area contributed by atoms with Crippen molar-refractivity contribution in [2.45, 2.75) is 0 Å². The van der Waals surface area contributed by atoms with Gasteiger partial charge in [-0.15, -0.1) is 0 Å². The molecular formula is C36H30O2. The highest BCUT2D eigenvalue weighted by atomic mass is 16.5. The van der Waals surface area contributed by atoms with Gasteiger partial charge in [-0.3, -0.25) is 0 Å². The first kappa shape index (κ1) is 24.9. The molecule has 0 fully saturated rings. The Morgan fingerprint density at radius 2 is 0.711 bits per heavy atom. The maximum absolute atomic E-state index is 5.36. The van der Waals surface area contributed by atoms with Crippen LogP contribution in [-0.2, 0) is 0 Å². The molecule has 0 aromatic heterocycles. The summed E-state index contributed by atoms with van der Waals surface area (Å²) in [5.41, 5.74) is 9.25. The van der Waals surface area contributed by atoms with Gasteiger partial charge in [0.05, 0.1) is 14.2 Å². The Labute approximate surface area is 225 Å². The zero-order valence-electron chi connectivity index (χ0n) is 21.7. The topological polar surface area (TPSA) is 18.5 Å². The number of ether oxygens (including phenoxy) is 2. The average Bonchev–Trinajstić information content (AvgIpc) is 3.00. The van der Waals surface area contributed by atoms with E-state index in [0.717, 1.165) is 33.8 Å². The minimum Gasteiger partial charge on any atom is -0.497 e. The van der Waals surface area contributed by atoms with Crippen molar-refractivity contribution in [3.05, 3.63) is 167 Å². The van der Waals surface area contributed by atoms with Gasteiger partial charge < -0.3 is 9.47 Å². The van der Waals surface area contributed by atoms with Crippen LogP contribution < -0.4 is 9.47 Å². The number of methoxy groups -OCH3 is 2. The van der Waals surface area contributed by atoms with Crippen molar-refractivity contribution in [1.29, 1.82) is 0 Å². The minimum atomic E-state index is 0.850. The Balaban J connectivity index is 1.51. The van der Waals surface area contributed by atoms with Gasteiger partial charge in [-0.2, -0.15) is 0 Å². The molecular weight excluding hydrogens is 464 g/mol. The predicted molar refractivity (Wildman–Crippen MR) is 159 cm³/mol. The fourth-order valence-electron chi connectivity index (χ4n) is 4.47. The summed E-state index contributed by atoms with van der Waals surface area (Å²) in [7, 11) is 3.38. The monoisotopic (exact) mass is 494 g/mol. The predicted octanol–water partition coefficient (Wildman–Crippen LogP) is 8.88. The van der Waals surface area contributed by atoms with Gasteiger partial charge >= 0.3 is 0 Å². The van der Waals surface area contributed by atoms with Crippen LogP contribution in [0.25, 0.3) is 23.3 Å². The summed E-state index contributed by atoms with van der Waals surface area (Å²) in [4.78, 5) is 0. The van der Waals surface area contributed by atoms with E-state index < -0.39 is 0 Å². The molecule has 0 atom stereocenters. The van der Waals surface area contributed by atoms with Gasteiger partial charge in [0.1, 0.15) is 11.5 Å². The van der Waals surface area contributed by atoms with Crippen LogP contribution in [0.4, 0.5) is 0 Å². The molecule has 0 radical (unpaired) electrons. The third kappa shape index (κ3) is 5.93. The zero-order valence-corrected chi connectivity index (χ0v) is 21.7. The van der Waals surface area contributed by atoms with Crippen molar-refractivity contribution in [2.75, 3.05) is 14.2 Å². The minimum absolute atomic E-state index is 0.850. The lowest BCUT2D eigenvalue weighted by Crippen LogP contribution is -1.90. The largest absolute Gasteiger partial charge is 0.497 e. The summed E-state index contributed by atoms with van der Waals surface area (Å²) < 4.78 is 10.7. The van der Waals surface area contributed by atoms with Crippen molar-refractivity contribution < 1.29 is 9.47 Å². The van der Waals surface area contributed by atoms with E-state index >= 15 is 0 Å². The molecule has 38 heavy (non-hydrogen) atoms. The molecule has 0 amide bonds. The van der Waals surface area contributed by atoms with Gasteiger partial charge in [0, 0.05) is 0 Å². The summed E-state index contributed by atoms with van der Waals surface area (Å²) in [5, 5.41) is 0. The van der Waals surface area contributed by atoms with Crippen LogP contribution in [0.2, 0.25) is 0 Å². The van der Waals surface area contributed by atoms with Gasteiger partial charge in [-0.25, -0.2) is 0 Å². The summed E-state index contributed by atoms with van der Waals surface area (Å²) >= 11 is 0. The van der Waals surface area contributed by atoms with Crippen molar-refractivity contribution in [2.24, 2.45) is 0 Å². The van der Waals surface area contributed by atoms with Crippen molar-refractivity contribution >= 4 is 23.3 Å². The number of hydrogen-bond acceptors (Lipinski definition) is 2. The van der Waals surface area contributed by atoms with E-state index in [2.05, 4.69) is 109 Å². The molecule has 5 rings (SSSR count). The molecule has 5 aromatic rings. The Bertz CT molecular complexity index is 1390. The molecule has 0 N–H and O–H groups in total. The lowest BCUT2D eigenvalue weighted by Gasteiger charge is -2.11. The van der Waals surface area contributed by atoms with Gasteiger partial charge in [0.15, 0.2) is 0 Å². The first-order valence-electron chi connectivity index (χ1n) is 12.7. The van der Waals surface area contributed by atoms with E-state index in [4.69, 9.17) is 9.47 Å². The fraction of sp³-hybridized carbons (Fsp3) is 0.0556. The maximum Gasteiger partial charge on any atom is 0.118 e. The zero-order chi connectivity index (χ0) is 26.2. The molecule has 2 heteroatoms. The lowest BCUT2D eigenvalue weighted by molar-refractivity contribution is 0.414. The van der Waals surface area contributed by atoms with E-state index in [0.29, 0.717) is 0 Å². The molecule has 0 heterocycles. The van der Waals surface area contributed by atoms with Crippen molar-refractivity contribution in [1.82, 2.24) is 0 Å². The normalized spacial score (nSPS) is 11.7. The fourth-order valence-corrected chi connectivity index (χ4v) is 4.47. The van der Waals surface area contributed by atoms with Crippen LogP contribution in [0, 0.1) is 0 Å². The van der Waals surface area contributed by atoms with Crippen LogP contribution in [0.1, 0.15) is 33.4 Å². The van der Waals surface area contributed by atoms with Gasteiger partial charge in [0.25, 0.3) is 0 Å². The highest BCUT2D eigenvalue weighted by Crippen LogP contribution is 2.30. The second-order valence-corrected chi connectivity index (χ2v) is 8.97. The average molecular weight is 495 g/mol. The first-order chi connectivity index (χ1) is 18.7. The van der Waals surface area contributed by atoms with Crippen molar-refractivity contribution in [3.8, 4) is 11.5 Å². The van der Waals surface area contributed by atoms with Gasteiger partial charge in [0.2, 0.25) is 0 Å². The maximum atomic E-state index is 5.36. The Kier molecular flexibility index (Phi) is 7.81. The van der Waals surface area contributed by atoms with E-state index in [1.165, 1.54) is 22.3 Å². The van der Waals surface area contributed by atoms with Crippen molar-refractivity contribution in [3.63, 3.8) is 0 Å². The van der Waals surface area contributed by atoms with E-state index in [-0.39, 0.29) is 0 Å². The highest BCUT2D eigenvalue weighted by molar-refractivity contribution is 5.93. The Hall–Kier alpha value is -4.82. The van der Waals surface area contributed by atoms with Crippen LogP contribution in [0.3, 0.4) is 0 Å². The molecule has 0 saturated heterocycles. The molecule has 2 nitrogen and oxygen atoms in total. The molecule has 0 saturated carbocycles. The number of hydrogen-bond donors (Lipinski definition) is 0. The second-order valence-electron chi connectivity index (χ2n) is 8.97. The first-order valence-corrected chi connectivity index (χ1v) is 12.7. The quantitative estimate of drug-likeness (QED) is 0.201. The molecule has 0 aliphatic heterocycles. The van der Waals surface area contributed by atoms with Crippen LogP contribution in [-0.4, -0.2) is 14.2 Å². The van der Waals surface area contributed by atoms with Gasteiger partial charge in [-0.05, 0) is 80.9 Å². The summed E-state index contributed by atoms with van der Waals surface area (Å²) in [6, 6.07) is 46.1. The van der Waals surface area contributed by atoms with E-state index in [1.807, 2.05) is 36.4 Å². The van der Waals surface area contributed by atoms with Crippen LogP contribution in [0.15, 0.2) is 133 Å². The Morgan fingerprint density at radius 1 is 0.395 bits per heavy atom. The van der Waals surface area contributed by atoms with Crippen LogP contribution in [0.5, 0.6) is 11.5 Å². The highest BCUT2D eigenvalue weighted by Gasteiger charge is 2.08. The smallest absolute Gasteiger partial charge is 0.118 e. The molecule has 0 aliphatic rings. The van der Waals surface area contributed by atoms with E-state index in [9.17, 15) is 0 Å². The van der Waals surface area contributed by atoms with Gasteiger partial charge in [-0.1, -0.05) is 109 Å². The molecule has 186 valence electrons. The third-order valence-corrected chi connectivity index (χ3v) is 6.53. The lowest BCUT2D eigenvalue weighted by atomic mass is 9.94. The van der Waals surface area contributed by atoms with E-state index in [1.54, 1.807) is 14.2 Å². The molecule has 0 bridgehead atoms. The SMILES string of the molecule is COc1ccc(/C(=C/c2ccc(/C=C(\c3ccccc3)c3ccc(OC)cc3)cc2)c2ccccc2)cc1. The molecule has 0 aliphatic carbocycles. The molecule has 0 unspecified atom stereocenters. The Morgan fingerprint density at radius 3 is 1.03 bits per heavy atom. The summed E-state index contributed by atoms with van der Waals surface area (Å²) in [6.45, 7) is 0. The molecule has 5 aromatic carbocycles. The summed E-state index contributed by atoms with van der Waals surface area (Å²) in [6.07, 6.45) is 4.48. The molecule has 0 spiro atoms. The summed E-state index contributed by atoms with van der Waals surface area (Å²) in [5.74, 6) is 1.70. The standard InChI is InChI=1S/C36H30O2/c1-37-33-21-17-31(18-22-33)35(29-9-5-3-6-10-29)25-27-13-15-28(16-14-27)26-36(30-11-7-4-8-12-30)32-19-23-34(38-2)24-20-32/h3-26H,1-2H3/b35-25+,36-26+. The third-order valence-electron chi connectivity index (χ3n) is 6.53. The second kappa shape index (κ2) is 11.9. The number of benzene rings is 5. The number of rotatable bonds is 8.